The number of amides is 2. The Kier molecular flexibility index (Phi) is 9.58. The summed E-state index contributed by atoms with van der Waals surface area (Å²) in [4.78, 5) is 23.5. The number of benzene rings is 3. The van der Waals surface area contributed by atoms with Crippen LogP contribution in [-0.4, -0.2) is 51.2 Å². The van der Waals surface area contributed by atoms with Crippen LogP contribution in [0.3, 0.4) is 0 Å². The van der Waals surface area contributed by atoms with E-state index in [9.17, 15) is 18.0 Å². The first-order chi connectivity index (χ1) is 21.1. The number of anilines is 1. The zero-order chi connectivity index (χ0) is 31.3. The number of nitrogens with zero attached hydrogens (tertiary/aromatic N) is 5. The molecule has 0 spiro atoms. The first kappa shape index (κ1) is 31.1. The summed E-state index contributed by atoms with van der Waals surface area (Å²) in [5.41, 5.74) is 5.99. The topological polar surface area (TPSA) is 84.6 Å². The first-order valence-corrected chi connectivity index (χ1v) is 15.2. The molecule has 1 saturated heterocycles. The highest BCUT2D eigenvalue weighted by atomic mass is 32.2. The lowest BCUT2D eigenvalue weighted by molar-refractivity contribution is -0.274. The van der Waals surface area contributed by atoms with Crippen LogP contribution in [0.15, 0.2) is 78.0 Å². The van der Waals surface area contributed by atoms with Gasteiger partial charge in [-0.05, 0) is 73.6 Å². The Hall–Kier alpha value is -4.32. The predicted octanol–water partition coefficient (Wildman–Crippen LogP) is 7.34. The van der Waals surface area contributed by atoms with E-state index in [0.717, 1.165) is 47.1 Å². The molecule has 1 atom stereocenters. The minimum Gasteiger partial charge on any atom is -0.406 e. The molecular weight excluding hydrogens is 589 g/mol. The third-order valence-electron chi connectivity index (χ3n) is 7.22. The minimum absolute atomic E-state index is 0.300. The van der Waals surface area contributed by atoms with Crippen LogP contribution >= 0.6 is 11.8 Å². The molecule has 1 fully saturated rings. The zero-order valence-corrected chi connectivity index (χ0v) is 25.5. The molecule has 0 aliphatic carbocycles. The maximum absolute atomic E-state index is 12.6. The number of para-hydroxylation sites is 1. The lowest BCUT2D eigenvalue weighted by Gasteiger charge is -2.22. The molecule has 1 aromatic heterocycles. The van der Waals surface area contributed by atoms with E-state index in [1.807, 2.05) is 30.3 Å². The molecule has 1 aliphatic rings. The third-order valence-corrected chi connectivity index (χ3v) is 8.18. The number of carbonyl (C=O) groups excluding carboxylic acids is 1. The number of halogens is 3. The maximum Gasteiger partial charge on any atom is 0.573 e. The van der Waals surface area contributed by atoms with Crippen molar-refractivity contribution in [3.63, 3.8) is 0 Å². The fourth-order valence-corrected chi connectivity index (χ4v) is 6.04. The molecule has 2 heterocycles. The molecule has 1 aliphatic heterocycles. The molecule has 0 saturated carbocycles. The van der Waals surface area contributed by atoms with E-state index in [1.54, 1.807) is 11.8 Å². The van der Waals surface area contributed by atoms with E-state index in [4.69, 9.17) is 0 Å². The van der Waals surface area contributed by atoms with Crippen LogP contribution in [0.1, 0.15) is 30.0 Å². The lowest BCUT2D eigenvalue weighted by atomic mass is 9.97. The van der Waals surface area contributed by atoms with Crippen LogP contribution < -0.4 is 15.0 Å². The highest BCUT2D eigenvalue weighted by molar-refractivity contribution is 8.14. The van der Waals surface area contributed by atoms with Crippen molar-refractivity contribution in [3.8, 4) is 22.8 Å². The summed E-state index contributed by atoms with van der Waals surface area (Å²) in [5.74, 6) is 1.43. The number of nitrogens with one attached hydrogen (secondary N) is 1. The number of alkyl halides is 3. The van der Waals surface area contributed by atoms with Gasteiger partial charge in [0, 0.05) is 30.1 Å². The van der Waals surface area contributed by atoms with Crippen LogP contribution in [-0.2, 0) is 6.42 Å². The summed E-state index contributed by atoms with van der Waals surface area (Å²) in [7, 11) is 0. The fraction of sp³-hybridized carbons (Fsp3) is 0.312. The van der Waals surface area contributed by atoms with Crippen LogP contribution in [0.2, 0.25) is 0 Å². The molecule has 1 N–H and O–H groups in total. The Balaban J connectivity index is 1.10. The highest BCUT2D eigenvalue weighted by Gasteiger charge is 2.31. The molecule has 3 aromatic carbocycles. The lowest BCUT2D eigenvalue weighted by Crippen LogP contribution is -2.29. The summed E-state index contributed by atoms with van der Waals surface area (Å²) < 4.78 is 42.6. The van der Waals surface area contributed by atoms with Gasteiger partial charge < -0.3 is 15.0 Å². The second-order valence-corrected chi connectivity index (χ2v) is 11.8. The van der Waals surface area contributed by atoms with Gasteiger partial charge in [-0.1, -0.05) is 61.2 Å². The van der Waals surface area contributed by atoms with Gasteiger partial charge in [-0.3, -0.25) is 0 Å². The van der Waals surface area contributed by atoms with Crippen LogP contribution in [0.5, 0.6) is 5.75 Å². The second-order valence-electron chi connectivity index (χ2n) is 10.7. The van der Waals surface area contributed by atoms with Gasteiger partial charge in [0.1, 0.15) is 12.1 Å². The third kappa shape index (κ3) is 7.98. The summed E-state index contributed by atoms with van der Waals surface area (Å²) in [6, 6.07) is 19.2. The molecule has 0 radical (unpaired) electrons. The summed E-state index contributed by atoms with van der Waals surface area (Å²) in [5, 5.41) is 8.14. The largest absolute Gasteiger partial charge is 0.573 e. The van der Waals surface area contributed by atoms with Crippen molar-refractivity contribution in [2.75, 3.05) is 23.7 Å². The van der Waals surface area contributed by atoms with E-state index in [2.05, 4.69) is 62.9 Å². The number of rotatable bonds is 9. The van der Waals surface area contributed by atoms with E-state index in [-0.39, 0.29) is 11.8 Å². The highest BCUT2D eigenvalue weighted by Crippen LogP contribution is 2.31. The van der Waals surface area contributed by atoms with E-state index in [1.165, 1.54) is 46.4 Å². The minimum atomic E-state index is -4.74. The van der Waals surface area contributed by atoms with Crippen molar-refractivity contribution in [2.24, 2.45) is 10.9 Å². The normalized spacial score (nSPS) is 15.0. The Labute approximate surface area is 258 Å². The van der Waals surface area contributed by atoms with Gasteiger partial charge >= 0.3 is 12.4 Å². The van der Waals surface area contributed by atoms with Crippen molar-refractivity contribution < 1.29 is 22.7 Å². The van der Waals surface area contributed by atoms with Gasteiger partial charge in [-0.15, -0.1) is 18.3 Å². The molecule has 230 valence electrons. The van der Waals surface area contributed by atoms with Gasteiger partial charge in [0.25, 0.3) is 0 Å². The molecule has 44 heavy (non-hydrogen) atoms. The van der Waals surface area contributed by atoms with Gasteiger partial charge in [-0.2, -0.15) is 4.99 Å². The maximum atomic E-state index is 12.6. The number of aromatic nitrogens is 3. The first-order valence-electron chi connectivity index (χ1n) is 14.3. The number of aliphatic imine (C=N–C) groups is 1. The Bertz CT molecular complexity index is 1600. The number of carbonyl (C=O) groups is 1. The van der Waals surface area contributed by atoms with Crippen molar-refractivity contribution in [3.05, 3.63) is 89.7 Å². The number of urea groups is 1. The number of hydrogen-bond donors (Lipinski definition) is 1. The number of amidine groups is 1. The smallest absolute Gasteiger partial charge is 0.406 e. The van der Waals surface area contributed by atoms with Gasteiger partial charge in [0.15, 0.2) is 11.0 Å². The average Bonchev–Trinajstić information content (AvgIpc) is 3.63. The number of thioether (sulfide) groups is 1. The molecule has 0 bridgehead atoms. The molecule has 1 unspecified atom stereocenters. The molecule has 12 heteroatoms. The van der Waals surface area contributed by atoms with Gasteiger partial charge in [0.2, 0.25) is 0 Å². The summed E-state index contributed by atoms with van der Waals surface area (Å²) in [6.07, 6.45) is -1.58. The van der Waals surface area contributed by atoms with Crippen molar-refractivity contribution >= 4 is 28.6 Å². The molecular formula is C32H33F3N6O2S. The van der Waals surface area contributed by atoms with Gasteiger partial charge in [0.05, 0.1) is 5.69 Å². The van der Waals surface area contributed by atoms with Crippen molar-refractivity contribution in [2.45, 2.75) is 40.0 Å². The van der Waals surface area contributed by atoms with E-state index >= 15 is 0 Å². The van der Waals surface area contributed by atoms with E-state index in [0.29, 0.717) is 24.0 Å². The van der Waals surface area contributed by atoms with Crippen molar-refractivity contribution in [1.29, 1.82) is 0 Å². The standard InChI is InChI=1S/C32H33F3N6O2S/c1-21(15-16-36-30(42)38-31-40(17-18-44-31)28-22(2)5-4-6-23(28)3)19-24-7-9-25(10-8-24)29-37-20-41(39-29)26-11-13-27(14-12-26)43-32(33,34)35/h4-14,20-21H,15-19H2,1-3H3,(H,36,42). The molecule has 2 amide bonds. The van der Waals surface area contributed by atoms with Crippen molar-refractivity contribution in [1.82, 2.24) is 20.1 Å². The van der Waals surface area contributed by atoms with E-state index < -0.39 is 6.36 Å². The SMILES string of the molecule is Cc1cccc(C)c1N1CCSC1=NC(=O)NCCC(C)Cc1ccc(-c2ncn(-c3ccc(OC(F)(F)F)cc3)n2)cc1. The van der Waals surface area contributed by atoms with Gasteiger partial charge in [-0.25, -0.2) is 14.5 Å². The predicted molar refractivity (Wildman–Crippen MR) is 168 cm³/mol. The monoisotopic (exact) mass is 622 g/mol. The Morgan fingerprint density at radius 3 is 2.45 bits per heavy atom. The fourth-order valence-electron chi connectivity index (χ4n) is 5.10. The second kappa shape index (κ2) is 13.5. The summed E-state index contributed by atoms with van der Waals surface area (Å²) >= 11 is 1.60. The van der Waals surface area contributed by atoms with Crippen LogP contribution in [0.4, 0.5) is 23.7 Å². The van der Waals surface area contributed by atoms with Crippen LogP contribution in [0.25, 0.3) is 17.1 Å². The van der Waals surface area contributed by atoms with Crippen LogP contribution in [0, 0.1) is 19.8 Å². The number of aryl methyl sites for hydroxylation is 2. The zero-order valence-electron chi connectivity index (χ0n) is 24.6. The summed E-state index contributed by atoms with van der Waals surface area (Å²) in [6.45, 7) is 7.67. The molecule has 4 aromatic rings. The Morgan fingerprint density at radius 2 is 1.77 bits per heavy atom. The molecule has 5 rings (SSSR count). The molecule has 8 nitrogen and oxygen atoms in total. The number of ether oxygens (including phenoxy) is 1. The Morgan fingerprint density at radius 1 is 1.07 bits per heavy atom. The quantitative estimate of drug-likeness (QED) is 0.210. The number of hydrogen-bond acceptors (Lipinski definition) is 5. The average molecular weight is 623 g/mol.